The number of rotatable bonds is 13. The number of hydrogen-bond acceptors (Lipinski definition) is 8. The zero-order valence-electron chi connectivity index (χ0n) is 33.4. The van der Waals surface area contributed by atoms with Gasteiger partial charge in [0.15, 0.2) is 6.29 Å². The van der Waals surface area contributed by atoms with Gasteiger partial charge in [0.2, 0.25) is 0 Å². The molecule has 0 aromatic heterocycles. The maximum absolute atomic E-state index is 12.9. The van der Waals surface area contributed by atoms with Crippen LogP contribution in [0.4, 0.5) is 4.79 Å². The highest BCUT2D eigenvalue weighted by Crippen LogP contribution is 2.43. The Bertz CT molecular complexity index is 2140. The third-order valence-corrected chi connectivity index (χ3v) is 11.8. The van der Waals surface area contributed by atoms with E-state index in [1.165, 1.54) is 7.11 Å². The quantitative estimate of drug-likeness (QED) is 0.0885. The lowest BCUT2D eigenvalue weighted by Crippen LogP contribution is -2.49. The third-order valence-electron chi connectivity index (χ3n) is 11.6. The van der Waals surface area contributed by atoms with Crippen molar-refractivity contribution in [3.8, 4) is 11.1 Å². The molecule has 0 bridgehead atoms. The SMILES string of the molecule is COC(=O)[C@H](Cc1ccccc1)NC(=O)NCc1cccc(-c2ccc([C@@H]3O[C@H](CN4CCC(O)(c5ccc(Cl)cc5)CC4)[C@H](C)[C@H](c4ccc(CO)cc4)O3)cc2)c1. The molecule has 5 aromatic carbocycles. The van der Waals surface area contributed by atoms with Gasteiger partial charge in [-0.25, -0.2) is 9.59 Å². The molecule has 5 atom stereocenters. The topological polar surface area (TPSA) is 130 Å². The van der Waals surface area contributed by atoms with Gasteiger partial charge in [0.25, 0.3) is 0 Å². The van der Waals surface area contributed by atoms with E-state index >= 15 is 0 Å². The number of nitrogens with zero attached hydrogens (tertiary/aromatic N) is 1. The lowest BCUT2D eigenvalue weighted by molar-refractivity contribution is -0.277. The average molecular weight is 818 g/mol. The first-order valence-electron chi connectivity index (χ1n) is 20.2. The number of carbonyl (C=O) groups is 2. The molecule has 0 saturated carbocycles. The van der Waals surface area contributed by atoms with Crippen LogP contribution in [0.1, 0.15) is 65.5 Å². The second-order valence-electron chi connectivity index (χ2n) is 15.6. The van der Waals surface area contributed by atoms with Crippen LogP contribution in [0.25, 0.3) is 11.1 Å². The molecule has 7 rings (SSSR count). The van der Waals surface area contributed by atoms with Crippen molar-refractivity contribution >= 4 is 23.6 Å². The van der Waals surface area contributed by atoms with E-state index in [1.54, 1.807) is 0 Å². The van der Waals surface area contributed by atoms with Crippen molar-refractivity contribution in [1.82, 2.24) is 15.5 Å². The fourth-order valence-electron chi connectivity index (χ4n) is 8.01. The molecule has 5 aromatic rings. The summed E-state index contributed by atoms with van der Waals surface area (Å²) in [5, 5.41) is 27.5. The number of ether oxygens (including phenoxy) is 3. The Hall–Kier alpha value is -5.07. The summed E-state index contributed by atoms with van der Waals surface area (Å²) in [4.78, 5) is 27.7. The van der Waals surface area contributed by atoms with E-state index in [0.29, 0.717) is 30.8 Å². The molecule has 2 amide bonds. The predicted molar refractivity (Wildman–Crippen MR) is 227 cm³/mol. The van der Waals surface area contributed by atoms with Crippen molar-refractivity contribution in [1.29, 1.82) is 0 Å². The first-order chi connectivity index (χ1) is 28.6. The summed E-state index contributed by atoms with van der Waals surface area (Å²) >= 11 is 6.12. The number of aliphatic hydroxyl groups excluding tert-OH is 1. The maximum atomic E-state index is 12.9. The molecule has 2 aliphatic rings. The van der Waals surface area contributed by atoms with Gasteiger partial charge in [0, 0.05) is 49.1 Å². The van der Waals surface area contributed by atoms with Crippen LogP contribution < -0.4 is 10.6 Å². The normalized spacial score (nSPS) is 21.0. The standard InChI is InChI=1S/C48H52ClN3O7/c1-32-43(30-52-25-23-48(56,24-26-52)40-19-21-41(49)22-20-40)58-46(59-44(32)37-13-11-34(31-53)12-14-37)38-17-15-36(16-18-38)39-10-6-9-35(27-39)29-50-47(55)51-42(45(54)57-2)28-33-7-4-3-5-8-33/h3-22,27,32,42-44,46,53,56H,23-26,28-31H2,1-2H3,(H2,50,51,55)/t32-,42-,43+,44+,46+/m0/s1. The summed E-state index contributed by atoms with van der Waals surface area (Å²) in [7, 11) is 1.31. The van der Waals surface area contributed by atoms with Crippen molar-refractivity contribution in [2.24, 2.45) is 5.92 Å². The number of carbonyl (C=O) groups excluding carboxylic acids is 2. The summed E-state index contributed by atoms with van der Waals surface area (Å²) in [5.41, 5.74) is 6.54. The number of hydrogen-bond donors (Lipinski definition) is 4. The predicted octanol–water partition coefficient (Wildman–Crippen LogP) is 7.86. The fraction of sp³-hybridized carbons (Fsp3) is 0.333. The molecule has 2 saturated heterocycles. The van der Waals surface area contributed by atoms with Gasteiger partial charge < -0.3 is 40.0 Å². The Morgan fingerprint density at radius 2 is 1.51 bits per heavy atom. The lowest BCUT2D eigenvalue weighted by atomic mass is 9.84. The largest absolute Gasteiger partial charge is 0.467 e. The Morgan fingerprint density at radius 1 is 0.831 bits per heavy atom. The number of methoxy groups -OCH3 is 1. The third kappa shape index (κ3) is 10.6. The summed E-state index contributed by atoms with van der Waals surface area (Å²) in [5.74, 6) is -0.488. The molecule has 10 nitrogen and oxygen atoms in total. The molecule has 4 N–H and O–H groups in total. The molecule has 59 heavy (non-hydrogen) atoms. The minimum Gasteiger partial charge on any atom is -0.467 e. The smallest absolute Gasteiger partial charge is 0.328 e. The van der Waals surface area contributed by atoms with E-state index in [2.05, 4.69) is 22.5 Å². The van der Waals surface area contributed by atoms with Crippen LogP contribution in [0.3, 0.4) is 0 Å². The number of nitrogens with one attached hydrogen (secondary N) is 2. The monoisotopic (exact) mass is 817 g/mol. The van der Waals surface area contributed by atoms with Crippen molar-refractivity contribution in [2.75, 3.05) is 26.7 Å². The fourth-order valence-corrected chi connectivity index (χ4v) is 8.13. The zero-order valence-corrected chi connectivity index (χ0v) is 34.2. The first-order valence-corrected chi connectivity index (χ1v) is 20.6. The zero-order chi connectivity index (χ0) is 41.4. The highest BCUT2D eigenvalue weighted by Gasteiger charge is 2.41. The number of likely N-dealkylation sites (tertiary alicyclic amines) is 1. The number of amides is 2. The summed E-state index contributed by atoms with van der Waals surface area (Å²) in [6.45, 7) is 4.54. The molecule has 11 heteroatoms. The number of piperidine rings is 1. The first kappa shape index (κ1) is 42.1. The molecule has 2 aliphatic heterocycles. The minimum atomic E-state index is -0.896. The van der Waals surface area contributed by atoms with Crippen molar-refractivity contribution in [3.63, 3.8) is 0 Å². The molecule has 2 fully saturated rings. The Labute approximate surface area is 351 Å². The lowest BCUT2D eigenvalue weighted by Gasteiger charge is -2.45. The van der Waals surface area contributed by atoms with Gasteiger partial charge in [0.05, 0.1) is 31.5 Å². The maximum Gasteiger partial charge on any atom is 0.328 e. The van der Waals surface area contributed by atoms with E-state index in [0.717, 1.165) is 57.6 Å². The number of esters is 1. The van der Waals surface area contributed by atoms with Crippen molar-refractivity contribution in [3.05, 3.63) is 166 Å². The van der Waals surface area contributed by atoms with Gasteiger partial charge in [-0.2, -0.15) is 0 Å². The summed E-state index contributed by atoms with van der Waals surface area (Å²) in [6.07, 6.45) is 0.520. The van der Waals surface area contributed by atoms with Crippen molar-refractivity contribution in [2.45, 2.75) is 69.5 Å². The highest BCUT2D eigenvalue weighted by molar-refractivity contribution is 6.30. The van der Waals surface area contributed by atoms with Gasteiger partial charge >= 0.3 is 12.0 Å². The van der Waals surface area contributed by atoms with Crippen LogP contribution in [0.2, 0.25) is 5.02 Å². The molecule has 0 aliphatic carbocycles. The van der Waals surface area contributed by atoms with Gasteiger partial charge in [-0.05, 0) is 70.0 Å². The minimum absolute atomic E-state index is 0.0243. The van der Waals surface area contributed by atoms with Crippen LogP contribution in [-0.4, -0.2) is 66.0 Å². The Morgan fingerprint density at radius 3 is 2.19 bits per heavy atom. The van der Waals surface area contributed by atoms with Gasteiger partial charge in [-0.1, -0.05) is 128 Å². The van der Waals surface area contributed by atoms with E-state index < -0.39 is 29.9 Å². The molecule has 308 valence electrons. The van der Waals surface area contributed by atoms with E-state index in [-0.39, 0.29) is 31.3 Å². The molecule has 0 radical (unpaired) electrons. The van der Waals surface area contributed by atoms with Crippen LogP contribution in [-0.2, 0) is 44.2 Å². The number of halogens is 1. The highest BCUT2D eigenvalue weighted by atomic mass is 35.5. The number of urea groups is 1. The molecule has 2 heterocycles. The van der Waals surface area contributed by atoms with Gasteiger partial charge in [0.1, 0.15) is 6.04 Å². The van der Waals surface area contributed by atoms with E-state index in [9.17, 15) is 19.8 Å². The second-order valence-corrected chi connectivity index (χ2v) is 16.0. The van der Waals surface area contributed by atoms with E-state index in [4.69, 9.17) is 25.8 Å². The number of benzene rings is 5. The molecular weight excluding hydrogens is 766 g/mol. The summed E-state index contributed by atoms with van der Waals surface area (Å²) in [6, 6.07) is 39.7. The van der Waals surface area contributed by atoms with Gasteiger partial charge in [-0.3, -0.25) is 0 Å². The van der Waals surface area contributed by atoms with Crippen LogP contribution in [0.15, 0.2) is 127 Å². The second kappa shape index (κ2) is 19.3. The van der Waals surface area contributed by atoms with Crippen LogP contribution in [0.5, 0.6) is 0 Å². The summed E-state index contributed by atoms with van der Waals surface area (Å²) < 4.78 is 18.5. The average Bonchev–Trinajstić information content (AvgIpc) is 3.27. The van der Waals surface area contributed by atoms with Crippen molar-refractivity contribution < 1.29 is 34.0 Å². The molecule has 0 spiro atoms. The Kier molecular flexibility index (Phi) is 13.8. The van der Waals surface area contributed by atoms with Crippen LogP contribution >= 0.6 is 11.6 Å². The van der Waals surface area contributed by atoms with Gasteiger partial charge in [-0.15, -0.1) is 0 Å². The van der Waals surface area contributed by atoms with E-state index in [1.807, 2.05) is 127 Å². The van der Waals surface area contributed by atoms with Crippen LogP contribution in [0, 0.1) is 5.92 Å². The Balaban J connectivity index is 1.01. The molecule has 0 unspecified atom stereocenters. The number of aliphatic hydroxyl groups is 2. The molecular formula is C48H52ClN3O7.